The third-order valence-electron chi connectivity index (χ3n) is 7.30. The van der Waals surface area contributed by atoms with Crippen LogP contribution in [0.5, 0.6) is 5.88 Å². The van der Waals surface area contributed by atoms with E-state index in [0.29, 0.717) is 16.6 Å². The quantitative estimate of drug-likeness (QED) is 0.566. The maximum Gasteiger partial charge on any atom is 0.410 e. The number of ether oxygens (including phenoxy) is 2. The van der Waals surface area contributed by atoms with E-state index in [1.165, 1.54) is 6.33 Å². The second-order valence-electron chi connectivity index (χ2n) is 10.4. The minimum Gasteiger partial charge on any atom is -0.474 e. The number of hydrogen-bond donors (Lipinski definition) is 1. The van der Waals surface area contributed by atoms with Crippen LogP contribution in [0.2, 0.25) is 0 Å². The largest absolute Gasteiger partial charge is 0.474 e. The number of fused-ring (bicyclic) bond motifs is 2. The smallest absolute Gasteiger partial charge is 0.410 e. The summed E-state index contributed by atoms with van der Waals surface area (Å²) < 4.78 is 36.9. The lowest BCUT2D eigenvalue weighted by atomic mass is 10.0. The monoisotopic (exact) mass is 514 g/mol. The van der Waals surface area contributed by atoms with E-state index in [-0.39, 0.29) is 35.6 Å². The third kappa shape index (κ3) is 4.87. The van der Waals surface area contributed by atoms with Gasteiger partial charge >= 0.3 is 6.09 Å². The highest BCUT2D eigenvalue weighted by Gasteiger charge is 2.45. The van der Waals surface area contributed by atoms with Crippen LogP contribution in [-0.2, 0) is 14.6 Å². The molecular weight excluding hydrogens is 480 g/mol. The molecule has 0 spiro atoms. The number of nitrogens with zero attached hydrogens (tertiary/aromatic N) is 3. The van der Waals surface area contributed by atoms with E-state index in [1.807, 2.05) is 32.6 Å². The summed E-state index contributed by atoms with van der Waals surface area (Å²) in [7, 11) is -3.23. The molecule has 3 atom stereocenters. The standard InChI is InChI=1S/C26H34N4O5S/c1-15(2)34-26(31)30-18-5-6-19(30)13-20(12-18)35-25-17(4)24(27-14-28-25)29-23-10-9-22(11-16(23)3)36(32,33)21-7-8-21/h9-11,14-15,18-21H,5-8,12-13H2,1-4H3,(H,27,28,29)/t18-,19?,20?/m0/s1. The van der Waals surface area contributed by atoms with Crippen molar-refractivity contribution in [2.75, 3.05) is 5.32 Å². The van der Waals surface area contributed by atoms with Crippen molar-refractivity contribution in [3.8, 4) is 5.88 Å². The Morgan fingerprint density at radius 1 is 1.08 bits per heavy atom. The Kier molecular flexibility index (Phi) is 6.57. The lowest BCUT2D eigenvalue weighted by Crippen LogP contribution is -2.50. The molecule has 0 radical (unpaired) electrons. The zero-order chi connectivity index (χ0) is 25.6. The topological polar surface area (TPSA) is 111 Å². The molecule has 1 aromatic carbocycles. The molecule has 9 nitrogen and oxygen atoms in total. The fraction of sp³-hybridized carbons (Fsp3) is 0.577. The number of piperidine rings is 1. The summed E-state index contributed by atoms with van der Waals surface area (Å²) in [4.78, 5) is 23.6. The summed E-state index contributed by atoms with van der Waals surface area (Å²) in [6.45, 7) is 7.52. The number of rotatable bonds is 7. The van der Waals surface area contributed by atoms with Crippen LogP contribution >= 0.6 is 0 Å². The summed E-state index contributed by atoms with van der Waals surface area (Å²) in [5.74, 6) is 1.13. The second-order valence-corrected chi connectivity index (χ2v) is 12.7. The number of amides is 1. The minimum absolute atomic E-state index is 0.0410. The molecule has 1 aliphatic carbocycles. The predicted octanol–water partition coefficient (Wildman–Crippen LogP) is 4.69. The van der Waals surface area contributed by atoms with Crippen LogP contribution < -0.4 is 10.1 Å². The van der Waals surface area contributed by atoms with E-state index in [0.717, 1.165) is 55.3 Å². The van der Waals surface area contributed by atoms with Crippen LogP contribution in [0.15, 0.2) is 29.4 Å². The second kappa shape index (κ2) is 9.53. The Hall–Kier alpha value is -2.88. The van der Waals surface area contributed by atoms with Crippen LogP contribution in [0.3, 0.4) is 0 Å². The Labute approximate surface area is 212 Å². The van der Waals surface area contributed by atoms with Crippen molar-refractivity contribution < 1.29 is 22.7 Å². The van der Waals surface area contributed by atoms with E-state index >= 15 is 0 Å². The molecule has 2 aliphatic heterocycles. The zero-order valence-corrected chi connectivity index (χ0v) is 22.0. The van der Waals surface area contributed by atoms with Gasteiger partial charge in [-0.1, -0.05) is 0 Å². The van der Waals surface area contributed by atoms with Crippen LogP contribution in [-0.4, -0.2) is 58.9 Å². The molecule has 3 heterocycles. The molecule has 5 rings (SSSR count). The SMILES string of the molecule is Cc1cc(S(=O)(=O)C2CC2)ccc1Nc1ncnc(OC2CC3CC[C@@H](C2)N3C(=O)OC(C)C)c1C. The van der Waals surface area contributed by atoms with Crippen molar-refractivity contribution in [2.24, 2.45) is 0 Å². The average Bonchev–Trinajstić information content (AvgIpc) is 3.63. The average molecular weight is 515 g/mol. The van der Waals surface area contributed by atoms with Gasteiger partial charge in [-0.25, -0.2) is 23.2 Å². The Bertz CT molecular complexity index is 1250. The van der Waals surface area contributed by atoms with Crippen LogP contribution in [0.1, 0.15) is 63.5 Å². The first kappa shape index (κ1) is 24.8. The van der Waals surface area contributed by atoms with E-state index < -0.39 is 9.84 Å². The number of benzene rings is 1. The maximum atomic E-state index is 12.6. The molecule has 2 saturated heterocycles. The van der Waals surface area contributed by atoms with E-state index in [9.17, 15) is 13.2 Å². The highest BCUT2D eigenvalue weighted by molar-refractivity contribution is 7.92. The van der Waals surface area contributed by atoms with Gasteiger partial charge in [-0.3, -0.25) is 0 Å². The molecular formula is C26H34N4O5S. The van der Waals surface area contributed by atoms with Gasteiger partial charge in [-0.05, 0) is 77.1 Å². The molecule has 194 valence electrons. The number of sulfone groups is 1. The number of carbonyl (C=O) groups is 1. The first-order valence-electron chi connectivity index (χ1n) is 12.7. The third-order valence-corrected chi connectivity index (χ3v) is 9.56. The number of aromatic nitrogens is 2. The van der Waals surface area contributed by atoms with Gasteiger partial charge in [0.05, 0.1) is 21.8 Å². The summed E-state index contributed by atoms with van der Waals surface area (Å²) >= 11 is 0. The molecule has 1 amide bonds. The van der Waals surface area contributed by atoms with Gasteiger partial charge in [0.25, 0.3) is 0 Å². The van der Waals surface area contributed by atoms with Crippen molar-refractivity contribution >= 4 is 27.4 Å². The Morgan fingerprint density at radius 2 is 1.78 bits per heavy atom. The van der Waals surface area contributed by atoms with Gasteiger partial charge in [0.15, 0.2) is 9.84 Å². The lowest BCUT2D eigenvalue weighted by Gasteiger charge is -2.38. The van der Waals surface area contributed by atoms with Gasteiger partial charge < -0.3 is 19.7 Å². The molecule has 36 heavy (non-hydrogen) atoms. The lowest BCUT2D eigenvalue weighted by molar-refractivity contribution is 0.0207. The Balaban J connectivity index is 1.27. The maximum absolute atomic E-state index is 12.6. The van der Waals surface area contributed by atoms with Crippen molar-refractivity contribution in [3.05, 3.63) is 35.7 Å². The molecule has 1 N–H and O–H groups in total. The fourth-order valence-electron chi connectivity index (χ4n) is 5.27. The molecule has 2 bridgehead atoms. The van der Waals surface area contributed by atoms with E-state index in [4.69, 9.17) is 9.47 Å². The minimum atomic E-state index is -3.23. The number of nitrogens with one attached hydrogen (secondary N) is 1. The predicted molar refractivity (Wildman–Crippen MR) is 135 cm³/mol. The first-order chi connectivity index (χ1) is 17.1. The summed E-state index contributed by atoms with van der Waals surface area (Å²) in [6, 6.07) is 5.40. The molecule has 1 saturated carbocycles. The van der Waals surface area contributed by atoms with Gasteiger partial charge in [0.1, 0.15) is 18.2 Å². The zero-order valence-electron chi connectivity index (χ0n) is 21.2. The van der Waals surface area contributed by atoms with Gasteiger partial charge in [-0.15, -0.1) is 0 Å². The molecule has 1 aromatic heterocycles. The van der Waals surface area contributed by atoms with Crippen LogP contribution in [0, 0.1) is 13.8 Å². The summed E-state index contributed by atoms with van der Waals surface area (Å²) in [5, 5.41) is 3.08. The molecule has 3 aliphatic rings. The normalized spacial score (nSPS) is 23.6. The highest BCUT2D eigenvalue weighted by Crippen LogP contribution is 2.39. The fourth-order valence-corrected chi connectivity index (χ4v) is 7.01. The molecule has 3 fully saturated rings. The van der Waals surface area contributed by atoms with Crippen LogP contribution in [0.25, 0.3) is 0 Å². The van der Waals surface area contributed by atoms with Crippen molar-refractivity contribution in [1.82, 2.24) is 14.9 Å². The van der Waals surface area contributed by atoms with Crippen LogP contribution in [0.4, 0.5) is 16.3 Å². The number of carbonyl (C=O) groups excluding carboxylic acids is 1. The summed E-state index contributed by atoms with van der Waals surface area (Å²) in [5.41, 5.74) is 2.39. The van der Waals surface area contributed by atoms with Crippen molar-refractivity contribution in [2.45, 2.75) is 101 Å². The number of anilines is 2. The van der Waals surface area contributed by atoms with Gasteiger partial charge in [0.2, 0.25) is 5.88 Å². The number of hydrogen-bond acceptors (Lipinski definition) is 8. The first-order valence-corrected chi connectivity index (χ1v) is 14.3. The van der Waals surface area contributed by atoms with E-state index in [1.54, 1.807) is 18.2 Å². The molecule has 2 aromatic rings. The number of aryl methyl sites for hydroxylation is 1. The van der Waals surface area contributed by atoms with Crippen molar-refractivity contribution in [3.63, 3.8) is 0 Å². The van der Waals surface area contributed by atoms with Crippen molar-refractivity contribution in [1.29, 1.82) is 0 Å². The van der Waals surface area contributed by atoms with Gasteiger partial charge in [0, 0.05) is 30.6 Å². The Morgan fingerprint density at radius 3 is 2.39 bits per heavy atom. The summed E-state index contributed by atoms with van der Waals surface area (Å²) in [6.07, 6.45) is 5.95. The molecule has 10 heteroatoms. The highest BCUT2D eigenvalue weighted by atomic mass is 32.2. The van der Waals surface area contributed by atoms with Gasteiger partial charge in [-0.2, -0.15) is 0 Å². The van der Waals surface area contributed by atoms with E-state index in [2.05, 4.69) is 15.3 Å². The molecule has 2 unspecified atom stereocenters.